The zero-order valence-electron chi connectivity index (χ0n) is 17.3. The summed E-state index contributed by atoms with van der Waals surface area (Å²) in [5, 5.41) is 8.17. The number of benzene rings is 2. The molecule has 0 aliphatic rings. The van der Waals surface area contributed by atoms with Gasteiger partial charge in [-0.15, -0.1) is 0 Å². The van der Waals surface area contributed by atoms with Crippen LogP contribution in [0.4, 0.5) is 0 Å². The van der Waals surface area contributed by atoms with Crippen molar-refractivity contribution in [2.24, 2.45) is 5.14 Å². The molecule has 3 aromatic rings. The Balaban J connectivity index is 2.07. The van der Waals surface area contributed by atoms with E-state index in [0.29, 0.717) is 12.1 Å². The van der Waals surface area contributed by atoms with Crippen molar-refractivity contribution in [3.63, 3.8) is 0 Å². The Bertz CT molecular complexity index is 1140. The number of sulfonamides is 1. The minimum Gasteiger partial charge on any atom is -0.351 e. The Morgan fingerprint density at radius 2 is 1.70 bits per heavy atom. The van der Waals surface area contributed by atoms with Crippen LogP contribution in [0.15, 0.2) is 65.6 Å². The summed E-state index contributed by atoms with van der Waals surface area (Å²) < 4.78 is 25.1. The van der Waals surface area contributed by atoms with Crippen LogP contribution in [0.1, 0.15) is 16.1 Å². The van der Waals surface area contributed by atoms with Gasteiger partial charge in [0.25, 0.3) is 5.91 Å². The quantitative estimate of drug-likeness (QED) is 0.606. The van der Waals surface area contributed by atoms with E-state index in [1.165, 1.54) is 12.1 Å². The van der Waals surface area contributed by atoms with Crippen LogP contribution in [0.2, 0.25) is 0 Å². The van der Waals surface area contributed by atoms with E-state index in [-0.39, 0.29) is 10.8 Å². The predicted octanol–water partition coefficient (Wildman–Crippen LogP) is 2.39. The zero-order chi connectivity index (χ0) is 21.9. The van der Waals surface area contributed by atoms with Crippen molar-refractivity contribution in [2.75, 3.05) is 27.2 Å². The number of primary sulfonamides is 1. The third-order valence-corrected chi connectivity index (χ3v) is 5.76. The summed E-state index contributed by atoms with van der Waals surface area (Å²) in [6, 6.07) is 17.9. The maximum Gasteiger partial charge on any atom is 0.253 e. The fourth-order valence-electron chi connectivity index (χ4n) is 3.26. The summed E-state index contributed by atoms with van der Waals surface area (Å²) in [5.74, 6) is -0.147. The van der Waals surface area contributed by atoms with Gasteiger partial charge < -0.3 is 14.8 Å². The number of nitrogens with zero attached hydrogens (tertiary/aromatic N) is 2. The highest BCUT2D eigenvalue weighted by atomic mass is 32.2. The molecular formula is C22H26N4O3S. The first kappa shape index (κ1) is 21.8. The summed E-state index contributed by atoms with van der Waals surface area (Å²) in [5.41, 5.74) is 3.87. The van der Waals surface area contributed by atoms with Crippen molar-refractivity contribution in [3.05, 3.63) is 71.9 Å². The number of carbonyl (C=O) groups excluding carboxylic acids is 1. The molecule has 0 aliphatic carbocycles. The molecule has 2 aromatic carbocycles. The second-order valence-corrected chi connectivity index (χ2v) is 8.89. The van der Waals surface area contributed by atoms with Crippen molar-refractivity contribution < 1.29 is 13.2 Å². The van der Waals surface area contributed by atoms with Gasteiger partial charge in [0.1, 0.15) is 0 Å². The van der Waals surface area contributed by atoms with E-state index in [1.807, 2.05) is 66.9 Å². The smallest absolute Gasteiger partial charge is 0.253 e. The van der Waals surface area contributed by atoms with Crippen LogP contribution in [-0.2, 0) is 10.0 Å². The van der Waals surface area contributed by atoms with Gasteiger partial charge in [0.05, 0.1) is 16.2 Å². The normalized spacial score (nSPS) is 11.6. The molecule has 8 heteroatoms. The van der Waals surface area contributed by atoms with Gasteiger partial charge in [-0.1, -0.05) is 30.3 Å². The van der Waals surface area contributed by atoms with E-state index < -0.39 is 10.0 Å². The van der Waals surface area contributed by atoms with Crippen molar-refractivity contribution in [1.82, 2.24) is 14.8 Å². The van der Waals surface area contributed by atoms with Crippen LogP contribution >= 0.6 is 0 Å². The Labute approximate surface area is 177 Å². The molecule has 0 fully saturated rings. The predicted molar refractivity (Wildman–Crippen MR) is 118 cm³/mol. The van der Waals surface area contributed by atoms with Crippen LogP contribution in [-0.4, -0.2) is 51.0 Å². The maximum absolute atomic E-state index is 12.8. The van der Waals surface area contributed by atoms with E-state index in [2.05, 4.69) is 5.32 Å². The third-order valence-electron chi connectivity index (χ3n) is 4.83. The minimum atomic E-state index is -3.78. The molecule has 0 atom stereocenters. The van der Waals surface area contributed by atoms with E-state index in [9.17, 15) is 13.2 Å². The summed E-state index contributed by atoms with van der Waals surface area (Å²) in [6.45, 7) is 3.16. The summed E-state index contributed by atoms with van der Waals surface area (Å²) in [4.78, 5) is 14.9. The fraction of sp³-hybridized carbons (Fsp3) is 0.227. The Kier molecular flexibility index (Phi) is 6.40. The van der Waals surface area contributed by atoms with Gasteiger partial charge in [-0.2, -0.15) is 0 Å². The monoisotopic (exact) mass is 426 g/mol. The molecule has 158 valence electrons. The molecule has 0 aliphatic heterocycles. The first-order chi connectivity index (χ1) is 14.2. The van der Waals surface area contributed by atoms with Gasteiger partial charge in [0.15, 0.2) is 0 Å². The Morgan fingerprint density at radius 1 is 1.07 bits per heavy atom. The van der Waals surface area contributed by atoms with Gasteiger partial charge in [-0.3, -0.25) is 4.79 Å². The highest BCUT2D eigenvalue weighted by Gasteiger charge is 2.20. The van der Waals surface area contributed by atoms with Crippen LogP contribution in [0, 0.1) is 6.92 Å². The average molecular weight is 427 g/mol. The number of likely N-dealkylation sites (N-methyl/N-ethyl adjacent to an activating group) is 1. The first-order valence-corrected chi connectivity index (χ1v) is 11.1. The number of carbonyl (C=O) groups is 1. The fourth-order valence-corrected chi connectivity index (χ4v) is 3.78. The summed E-state index contributed by atoms with van der Waals surface area (Å²) >= 11 is 0. The largest absolute Gasteiger partial charge is 0.351 e. The van der Waals surface area contributed by atoms with E-state index >= 15 is 0 Å². The lowest BCUT2D eigenvalue weighted by Crippen LogP contribution is -2.31. The Morgan fingerprint density at radius 3 is 2.27 bits per heavy atom. The van der Waals surface area contributed by atoms with Crippen LogP contribution in [0.3, 0.4) is 0 Å². The van der Waals surface area contributed by atoms with Gasteiger partial charge in [0.2, 0.25) is 10.0 Å². The zero-order valence-corrected chi connectivity index (χ0v) is 18.1. The molecule has 0 spiro atoms. The van der Waals surface area contributed by atoms with E-state index in [4.69, 9.17) is 5.14 Å². The summed E-state index contributed by atoms with van der Waals surface area (Å²) in [7, 11) is 0.125. The first-order valence-electron chi connectivity index (χ1n) is 9.52. The van der Waals surface area contributed by atoms with Crippen LogP contribution in [0.25, 0.3) is 16.9 Å². The van der Waals surface area contributed by atoms with E-state index in [1.54, 1.807) is 12.1 Å². The number of hydrogen-bond donors (Lipinski definition) is 2. The number of nitrogens with two attached hydrogens (primary N) is 1. The molecule has 0 radical (unpaired) electrons. The maximum atomic E-state index is 12.8. The standard InChI is InChI=1S/C22H26N4O3S/c1-16-20(22(27)24-13-14-25(2)3)15-21(17-7-5-4-6-8-17)26(16)18-9-11-19(12-10-18)30(23,28)29/h4-12,15H,13-14H2,1-3H3,(H,24,27)(H2,23,28,29). The number of nitrogens with one attached hydrogen (secondary N) is 1. The van der Waals surface area contributed by atoms with Crippen molar-refractivity contribution in [1.29, 1.82) is 0 Å². The topological polar surface area (TPSA) is 97.4 Å². The third kappa shape index (κ3) is 4.79. The summed E-state index contributed by atoms with van der Waals surface area (Å²) in [6.07, 6.45) is 0. The second-order valence-electron chi connectivity index (χ2n) is 7.33. The molecular weight excluding hydrogens is 400 g/mol. The van der Waals surface area contributed by atoms with Gasteiger partial charge in [-0.25, -0.2) is 13.6 Å². The average Bonchev–Trinajstić information content (AvgIpc) is 3.05. The number of rotatable bonds is 7. The second kappa shape index (κ2) is 8.83. The number of amides is 1. The highest BCUT2D eigenvalue weighted by molar-refractivity contribution is 7.89. The van der Waals surface area contributed by atoms with Crippen molar-refractivity contribution in [2.45, 2.75) is 11.8 Å². The molecule has 7 nitrogen and oxygen atoms in total. The van der Waals surface area contributed by atoms with Crippen molar-refractivity contribution >= 4 is 15.9 Å². The number of aromatic nitrogens is 1. The van der Waals surface area contributed by atoms with Gasteiger partial charge in [0, 0.05) is 24.5 Å². The lowest BCUT2D eigenvalue weighted by Gasteiger charge is -2.13. The molecule has 1 aromatic heterocycles. The SMILES string of the molecule is Cc1c(C(=O)NCCN(C)C)cc(-c2ccccc2)n1-c1ccc(S(N)(=O)=O)cc1. The highest BCUT2D eigenvalue weighted by Crippen LogP contribution is 2.30. The Hall–Kier alpha value is -2.94. The van der Waals surface area contributed by atoms with E-state index in [0.717, 1.165) is 29.2 Å². The molecule has 0 bridgehead atoms. The van der Waals surface area contributed by atoms with Gasteiger partial charge >= 0.3 is 0 Å². The molecule has 30 heavy (non-hydrogen) atoms. The molecule has 0 saturated heterocycles. The molecule has 3 N–H and O–H groups in total. The lowest BCUT2D eigenvalue weighted by molar-refractivity contribution is 0.0950. The molecule has 0 saturated carbocycles. The molecule has 1 heterocycles. The number of hydrogen-bond acceptors (Lipinski definition) is 4. The van der Waals surface area contributed by atoms with Crippen molar-refractivity contribution in [3.8, 4) is 16.9 Å². The molecule has 1 amide bonds. The van der Waals surface area contributed by atoms with Crippen LogP contribution in [0.5, 0.6) is 0 Å². The lowest BCUT2D eigenvalue weighted by atomic mass is 10.1. The molecule has 3 rings (SSSR count). The molecule has 0 unspecified atom stereocenters. The minimum absolute atomic E-state index is 0.0407. The van der Waals surface area contributed by atoms with Gasteiger partial charge in [-0.05, 0) is 56.9 Å². The van der Waals surface area contributed by atoms with Crippen LogP contribution < -0.4 is 10.5 Å².